The van der Waals surface area contributed by atoms with Crippen LogP contribution in [0.5, 0.6) is 0 Å². The van der Waals surface area contributed by atoms with Gasteiger partial charge in [-0.1, -0.05) is 0 Å². The lowest BCUT2D eigenvalue weighted by Crippen LogP contribution is -2.23. The number of alkyl halides is 3. The van der Waals surface area contributed by atoms with E-state index in [-0.39, 0.29) is 10.3 Å². The van der Waals surface area contributed by atoms with Gasteiger partial charge in [-0.05, 0) is 35.8 Å². The third kappa shape index (κ3) is 3.58. The maximum absolute atomic E-state index is 12.6. The van der Waals surface area contributed by atoms with Crippen molar-refractivity contribution in [2.45, 2.75) is 25.3 Å². The highest BCUT2D eigenvalue weighted by molar-refractivity contribution is 9.10. The smallest absolute Gasteiger partial charge is 0.267 e. The second-order valence-electron chi connectivity index (χ2n) is 3.74. The normalized spacial score (nSPS) is 12.8. The Bertz CT molecular complexity index is 543. The third-order valence-electron chi connectivity index (χ3n) is 2.03. The second-order valence-corrected chi connectivity index (χ2v) is 6.83. The molecule has 0 spiro atoms. The summed E-state index contributed by atoms with van der Waals surface area (Å²) < 4.78 is 62.5. The predicted molar refractivity (Wildman–Crippen MR) is 64.6 cm³/mol. The molecule has 1 aromatic heterocycles. The number of pyridine rings is 1. The average Bonchev–Trinajstić information content (AvgIpc) is 2.18. The van der Waals surface area contributed by atoms with Crippen molar-refractivity contribution < 1.29 is 21.6 Å². The second kappa shape index (κ2) is 5.04. The highest BCUT2D eigenvalue weighted by Crippen LogP contribution is 2.35. The van der Waals surface area contributed by atoms with Crippen molar-refractivity contribution in [2.24, 2.45) is 0 Å². The topological polar surface area (TPSA) is 59.1 Å². The molecule has 4 nitrogen and oxygen atoms in total. The molecule has 1 aromatic rings. The van der Waals surface area contributed by atoms with E-state index in [0.717, 1.165) is 6.20 Å². The Morgan fingerprint density at radius 3 is 2.39 bits per heavy atom. The van der Waals surface area contributed by atoms with Crippen LogP contribution >= 0.6 is 15.9 Å². The zero-order chi connectivity index (χ0) is 14.1. The molecular formula is C9H10BrF3N2O2S. The molecule has 0 saturated heterocycles. The Morgan fingerprint density at radius 2 is 1.94 bits per heavy atom. The van der Waals surface area contributed by atoms with Crippen molar-refractivity contribution in [1.29, 1.82) is 0 Å². The fourth-order valence-electron chi connectivity index (χ4n) is 0.975. The van der Waals surface area contributed by atoms with Gasteiger partial charge in [0.25, 0.3) is 0 Å². The molecule has 1 heterocycles. The summed E-state index contributed by atoms with van der Waals surface area (Å²) in [5, 5.41) is -0.766. The lowest BCUT2D eigenvalue weighted by molar-refractivity contribution is -0.138. The highest BCUT2D eigenvalue weighted by atomic mass is 79.9. The van der Waals surface area contributed by atoms with E-state index >= 15 is 0 Å². The maximum atomic E-state index is 12.6. The number of hydrogen-bond acceptors (Lipinski definition) is 3. The number of aromatic nitrogens is 1. The first-order valence-corrected chi connectivity index (χ1v) is 7.12. The van der Waals surface area contributed by atoms with Crippen molar-refractivity contribution in [3.8, 4) is 0 Å². The summed E-state index contributed by atoms with van der Waals surface area (Å²) in [5.41, 5.74) is -0.987. The largest absolute Gasteiger partial charge is 0.417 e. The Morgan fingerprint density at radius 1 is 1.39 bits per heavy atom. The average molecular weight is 347 g/mol. The Kier molecular flexibility index (Phi) is 4.26. The van der Waals surface area contributed by atoms with Gasteiger partial charge in [0.05, 0.1) is 10.8 Å². The highest BCUT2D eigenvalue weighted by Gasteiger charge is 2.34. The molecule has 1 rings (SSSR count). The summed E-state index contributed by atoms with van der Waals surface area (Å²) in [5.74, 6) is -0.362. The predicted octanol–water partition coefficient (Wildman–Crippen LogP) is 3.01. The van der Waals surface area contributed by atoms with E-state index in [2.05, 4.69) is 20.9 Å². The molecule has 0 atom stereocenters. The molecule has 0 aliphatic rings. The molecular weight excluding hydrogens is 337 g/mol. The summed E-state index contributed by atoms with van der Waals surface area (Å²) in [6.07, 6.45) is -3.68. The summed E-state index contributed by atoms with van der Waals surface area (Å²) in [4.78, 5) is 3.58. The van der Waals surface area contributed by atoms with E-state index in [4.69, 9.17) is 0 Å². The van der Waals surface area contributed by atoms with Gasteiger partial charge in [0.2, 0.25) is 10.0 Å². The first-order chi connectivity index (χ1) is 8.04. The SMILES string of the molecule is CC(C)S(=O)(=O)Nc1cc(C(F)(F)F)c(Br)cn1. The third-order valence-corrected chi connectivity index (χ3v) is 4.39. The van der Waals surface area contributed by atoms with Gasteiger partial charge >= 0.3 is 6.18 Å². The zero-order valence-electron chi connectivity index (χ0n) is 9.42. The Balaban J connectivity index is 3.15. The minimum Gasteiger partial charge on any atom is -0.267 e. The monoisotopic (exact) mass is 346 g/mol. The van der Waals surface area contributed by atoms with E-state index in [1.165, 1.54) is 13.8 Å². The Hall–Kier alpha value is -0.830. The molecule has 18 heavy (non-hydrogen) atoms. The van der Waals surface area contributed by atoms with Gasteiger partial charge in [0.1, 0.15) is 5.82 Å². The summed E-state index contributed by atoms with van der Waals surface area (Å²) in [6, 6.07) is 0.643. The molecule has 0 amide bonds. The van der Waals surface area contributed by atoms with Crippen LogP contribution in [0.2, 0.25) is 0 Å². The van der Waals surface area contributed by atoms with Crippen LogP contribution in [0.3, 0.4) is 0 Å². The van der Waals surface area contributed by atoms with E-state index in [1.54, 1.807) is 0 Å². The van der Waals surface area contributed by atoms with Crippen LogP contribution in [-0.2, 0) is 16.2 Å². The van der Waals surface area contributed by atoms with Gasteiger partial charge in [-0.3, -0.25) is 4.72 Å². The molecule has 0 fully saturated rings. The fourth-order valence-corrected chi connectivity index (χ4v) is 2.06. The molecule has 0 aliphatic heterocycles. The summed E-state index contributed by atoms with van der Waals surface area (Å²) in [7, 11) is -3.72. The Labute approximate surface area is 111 Å². The summed E-state index contributed by atoms with van der Waals surface area (Å²) >= 11 is 2.72. The lowest BCUT2D eigenvalue weighted by Gasteiger charge is -2.13. The van der Waals surface area contributed by atoms with Crippen molar-refractivity contribution in [2.75, 3.05) is 4.72 Å². The van der Waals surface area contributed by atoms with Gasteiger partial charge < -0.3 is 0 Å². The number of nitrogens with zero attached hydrogens (tertiary/aromatic N) is 1. The van der Waals surface area contributed by atoms with Gasteiger partial charge in [-0.2, -0.15) is 13.2 Å². The van der Waals surface area contributed by atoms with Crippen LogP contribution in [0.1, 0.15) is 19.4 Å². The fraction of sp³-hybridized carbons (Fsp3) is 0.444. The minimum absolute atomic E-state index is 0.248. The van der Waals surface area contributed by atoms with Crippen LogP contribution in [0.25, 0.3) is 0 Å². The summed E-state index contributed by atoms with van der Waals surface area (Å²) in [6.45, 7) is 2.82. The molecule has 102 valence electrons. The van der Waals surface area contributed by atoms with Crippen LogP contribution < -0.4 is 4.72 Å². The van der Waals surface area contributed by atoms with Gasteiger partial charge in [-0.25, -0.2) is 13.4 Å². The van der Waals surface area contributed by atoms with Gasteiger partial charge in [-0.15, -0.1) is 0 Å². The quantitative estimate of drug-likeness (QED) is 0.915. The van der Waals surface area contributed by atoms with E-state index in [9.17, 15) is 21.6 Å². The lowest BCUT2D eigenvalue weighted by atomic mass is 10.2. The minimum atomic E-state index is -4.58. The first-order valence-electron chi connectivity index (χ1n) is 4.78. The molecule has 0 saturated carbocycles. The number of anilines is 1. The molecule has 9 heteroatoms. The van der Waals surface area contributed by atoms with Crippen LogP contribution in [0, 0.1) is 0 Å². The standard InChI is InChI=1S/C9H10BrF3N2O2S/c1-5(2)18(16,17)15-8-3-6(9(11,12)13)7(10)4-14-8/h3-5H,1-2H3,(H,14,15). The van der Waals surface area contributed by atoms with E-state index < -0.39 is 27.0 Å². The molecule has 0 aromatic carbocycles. The molecule has 0 aliphatic carbocycles. The van der Waals surface area contributed by atoms with Crippen molar-refractivity contribution in [1.82, 2.24) is 4.98 Å². The van der Waals surface area contributed by atoms with Crippen LogP contribution in [0.4, 0.5) is 19.0 Å². The molecule has 0 radical (unpaired) electrons. The molecule has 1 N–H and O–H groups in total. The number of halogens is 4. The number of hydrogen-bond donors (Lipinski definition) is 1. The molecule has 0 unspecified atom stereocenters. The van der Waals surface area contributed by atoms with Crippen LogP contribution in [-0.4, -0.2) is 18.7 Å². The van der Waals surface area contributed by atoms with Gasteiger partial charge in [0.15, 0.2) is 0 Å². The van der Waals surface area contributed by atoms with Crippen molar-refractivity contribution in [3.63, 3.8) is 0 Å². The van der Waals surface area contributed by atoms with Crippen molar-refractivity contribution in [3.05, 3.63) is 22.3 Å². The molecule has 0 bridgehead atoms. The van der Waals surface area contributed by atoms with E-state index in [0.29, 0.717) is 6.07 Å². The zero-order valence-corrected chi connectivity index (χ0v) is 11.8. The number of sulfonamides is 1. The first kappa shape index (κ1) is 15.2. The van der Waals surface area contributed by atoms with E-state index in [1.807, 2.05) is 4.72 Å². The van der Waals surface area contributed by atoms with Crippen molar-refractivity contribution >= 4 is 31.8 Å². The van der Waals surface area contributed by atoms with Gasteiger partial charge in [0, 0.05) is 10.7 Å². The number of nitrogens with one attached hydrogen (secondary N) is 1. The van der Waals surface area contributed by atoms with Crippen LogP contribution in [0.15, 0.2) is 16.7 Å². The maximum Gasteiger partial charge on any atom is 0.417 e. The number of rotatable bonds is 3.